The monoisotopic (exact) mass is 372 g/mol. The minimum atomic E-state index is -0.301. The van der Waals surface area contributed by atoms with Crippen LogP contribution < -0.4 is 5.32 Å². The molecule has 0 aromatic carbocycles. The number of rotatable bonds is 7. The first-order valence-electron chi connectivity index (χ1n) is 6.89. The molecule has 2 rings (SSSR count). The summed E-state index contributed by atoms with van der Waals surface area (Å²) < 4.78 is 4.36. The van der Waals surface area contributed by atoms with Crippen LogP contribution in [0, 0.1) is 6.92 Å². The Hall–Kier alpha value is -1.59. The Kier molecular flexibility index (Phi) is 6.42. The van der Waals surface area contributed by atoms with Crippen LogP contribution in [0.4, 0.5) is 5.13 Å². The lowest BCUT2D eigenvalue weighted by Crippen LogP contribution is -2.31. The summed E-state index contributed by atoms with van der Waals surface area (Å²) in [6.45, 7) is 6.99. The van der Waals surface area contributed by atoms with Crippen LogP contribution >= 0.6 is 34.6 Å². The van der Waals surface area contributed by atoms with Gasteiger partial charge in [-0.3, -0.25) is 14.9 Å². The SMILES string of the molecule is CCN(CC)C(=O)CSc1nnc(NC(=O)c2snnc2C)s1. The van der Waals surface area contributed by atoms with Crippen LogP contribution in [0.2, 0.25) is 0 Å². The molecule has 0 bridgehead atoms. The van der Waals surface area contributed by atoms with E-state index in [4.69, 9.17) is 0 Å². The number of anilines is 1. The zero-order chi connectivity index (χ0) is 16.8. The smallest absolute Gasteiger partial charge is 0.271 e. The Morgan fingerprint density at radius 3 is 2.57 bits per heavy atom. The van der Waals surface area contributed by atoms with Crippen molar-refractivity contribution < 1.29 is 9.59 Å². The van der Waals surface area contributed by atoms with Gasteiger partial charge in [-0.05, 0) is 32.3 Å². The molecule has 0 atom stereocenters. The summed E-state index contributed by atoms with van der Waals surface area (Å²) in [6, 6.07) is 0. The minimum Gasteiger partial charge on any atom is -0.343 e. The van der Waals surface area contributed by atoms with E-state index in [9.17, 15) is 9.59 Å². The van der Waals surface area contributed by atoms with E-state index in [-0.39, 0.29) is 11.8 Å². The largest absolute Gasteiger partial charge is 0.343 e. The number of aryl methyl sites for hydroxylation is 1. The summed E-state index contributed by atoms with van der Waals surface area (Å²) in [6.07, 6.45) is 0. The van der Waals surface area contributed by atoms with Gasteiger partial charge in [-0.15, -0.1) is 15.3 Å². The van der Waals surface area contributed by atoms with Gasteiger partial charge in [0.25, 0.3) is 5.91 Å². The van der Waals surface area contributed by atoms with Gasteiger partial charge in [-0.2, -0.15) is 0 Å². The molecule has 0 aliphatic carbocycles. The molecular weight excluding hydrogens is 356 g/mol. The molecule has 8 nitrogen and oxygen atoms in total. The van der Waals surface area contributed by atoms with Gasteiger partial charge in [0.05, 0.1) is 11.4 Å². The summed E-state index contributed by atoms with van der Waals surface area (Å²) in [5, 5.41) is 14.7. The number of nitrogens with zero attached hydrogens (tertiary/aromatic N) is 5. The van der Waals surface area contributed by atoms with Gasteiger partial charge in [0.2, 0.25) is 11.0 Å². The molecule has 11 heteroatoms. The Labute approximate surface area is 145 Å². The van der Waals surface area contributed by atoms with Gasteiger partial charge < -0.3 is 4.90 Å². The van der Waals surface area contributed by atoms with E-state index in [2.05, 4.69) is 25.1 Å². The molecule has 0 radical (unpaired) electrons. The van der Waals surface area contributed by atoms with Crippen LogP contribution in [0.3, 0.4) is 0 Å². The molecular formula is C12H16N6O2S3. The van der Waals surface area contributed by atoms with Crippen molar-refractivity contribution in [2.75, 3.05) is 24.2 Å². The first kappa shape index (κ1) is 17.8. The molecule has 124 valence electrons. The molecule has 0 saturated carbocycles. The van der Waals surface area contributed by atoms with Crippen LogP contribution in [-0.4, -0.2) is 55.3 Å². The lowest BCUT2D eigenvalue weighted by atomic mass is 10.4. The van der Waals surface area contributed by atoms with Crippen LogP contribution in [0.25, 0.3) is 0 Å². The topological polar surface area (TPSA) is 101 Å². The number of nitrogens with one attached hydrogen (secondary N) is 1. The van der Waals surface area contributed by atoms with Gasteiger partial charge in [0, 0.05) is 13.1 Å². The summed E-state index contributed by atoms with van der Waals surface area (Å²) >= 11 is 3.59. The molecule has 0 spiro atoms. The maximum absolute atomic E-state index is 12.0. The number of hydrogen-bond donors (Lipinski definition) is 1. The molecule has 0 saturated heterocycles. The van der Waals surface area contributed by atoms with E-state index in [1.807, 2.05) is 13.8 Å². The quantitative estimate of drug-likeness (QED) is 0.585. The van der Waals surface area contributed by atoms with Gasteiger partial charge in [-0.25, -0.2) is 0 Å². The Morgan fingerprint density at radius 2 is 1.96 bits per heavy atom. The highest BCUT2D eigenvalue weighted by atomic mass is 32.2. The van der Waals surface area contributed by atoms with Crippen molar-refractivity contribution in [2.24, 2.45) is 0 Å². The standard InChI is InChI=1S/C12H16N6O2S3/c1-4-18(5-2)8(19)6-21-12-16-15-11(22-12)13-10(20)9-7(3)14-17-23-9/h4-6H2,1-3H3,(H,13,15,20). The van der Waals surface area contributed by atoms with Crippen LogP contribution in [0.5, 0.6) is 0 Å². The van der Waals surface area contributed by atoms with Gasteiger partial charge >= 0.3 is 0 Å². The fraction of sp³-hybridized carbons (Fsp3) is 0.500. The van der Waals surface area contributed by atoms with Crippen LogP contribution in [0.1, 0.15) is 29.2 Å². The highest BCUT2D eigenvalue weighted by Gasteiger charge is 2.16. The molecule has 23 heavy (non-hydrogen) atoms. The summed E-state index contributed by atoms with van der Waals surface area (Å²) in [5.41, 5.74) is 0.580. The van der Waals surface area contributed by atoms with Crippen molar-refractivity contribution >= 4 is 51.6 Å². The molecule has 1 N–H and O–H groups in total. The Balaban J connectivity index is 1.90. The second kappa shape index (κ2) is 8.31. The third-order valence-corrected chi connectivity index (χ3v) is 5.70. The van der Waals surface area contributed by atoms with E-state index >= 15 is 0 Å². The molecule has 2 aromatic heterocycles. The molecule has 2 aromatic rings. The number of carbonyl (C=O) groups excluding carboxylic acids is 2. The second-order valence-electron chi connectivity index (χ2n) is 4.37. The number of amides is 2. The lowest BCUT2D eigenvalue weighted by Gasteiger charge is -2.17. The van der Waals surface area contributed by atoms with E-state index in [0.717, 1.165) is 11.5 Å². The third kappa shape index (κ3) is 4.69. The molecule has 0 aliphatic heterocycles. The van der Waals surface area contributed by atoms with E-state index in [1.54, 1.807) is 11.8 Å². The Bertz CT molecular complexity index is 682. The summed E-state index contributed by atoms with van der Waals surface area (Å²) in [4.78, 5) is 26.2. The number of thioether (sulfide) groups is 1. The van der Waals surface area contributed by atoms with Crippen molar-refractivity contribution in [1.29, 1.82) is 0 Å². The van der Waals surface area contributed by atoms with E-state index in [0.29, 0.717) is 38.9 Å². The minimum absolute atomic E-state index is 0.0622. The zero-order valence-electron chi connectivity index (χ0n) is 12.9. The van der Waals surface area contributed by atoms with Gasteiger partial charge in [0.15, 0.2) is 4.34 Å². The average molecular weight is 373 g/mol. The molecule has 2 heterocycles. The van der Waals surface area contributed by atoms with Crippen LogP contribution in [-0.2, 0) is 4.79 Å². The highest BCUT2D eigenvalue weighted by Crippen LogP contribution is 2.26. The molecule has 2 amide bonds. The first-order valence-corrected chi connectivity index (χ1v) is 9.47. The third-order valence-electron chi connectivity index (χ3n) is 2.92. The first-order chi connectivity index (χ1) is 11.0. The summed E-state index contributed by atoms with van der Waals surface area (Å²) in [5.74, 6) is 0.0684. The highest BCUT2D eigenvalue weighted by molar-refractivity contribution is 8.01. The van der Waals surface area contributed by atoms with E-state index in [1.165, 1.54) is 23.1 Å². The van der Waals surface area contributed by atoms with Crippen molar-refractivity contribution in [3.63, 3.8) is 0 Å². The lowest BCUT2D eigenvalue weighted by molar-refractivity contribution is -0.127. The predicted molar refractivity (Wildman–Crippen MR) is 91.2 cm³/mol. The average Bonchev–Trinajstić information content (AvgIpc) is 3.15. The number of carbonyl (C=O) groups is 2. The fourth-order valence-corrected chi connectivity index (χ4v) is 3.90. The maximum Gasteiger partial charge on any atom is 0.271 e. The van der Waals surface area contributed by atoms with E-state index < -0.39 is 0 Å². The maximum atomic E-state index is 12.0. The number of hydrogen-bond acceptors (Lipinski definition) is 9. The zero-order valence-corrected chi connectivity index (χ0v) is 15.3. The van der Waals surface area contributed by atoms with Crippen molar-refractivity contribution in [1.82, 2.24) is 24.7 Å². The molecule has 0 aliphatic rings. The van der Waals surface area contributed by atoms with Crippen molar-refractivity contribution in [2.45, 2.75) is 25.1 Å². The van der Waals surface area contributed by atoms with Gasteiger partial charge in [-0.1, -0.05) is 27.6 Å². The van der Waals surface area contributed by atoms with Crippen molar-refractivity contribution in [3.05, 3.63) is 10.6 Å². The molecule has 0 unspecified atom stereocenters. The molecule has 0 fully saturated rings. The second-order valence-corrected chi connectivity index (χ2v) is 7.32. The Morgan fingerprint density at radius 1 is 1.22 bits per heavy atom. The summed E-state index contributed by atoms with van der Waals surface area (Å²) in [7, 11) is 0. The normalized spacial score (nSPS) is 10.6. The fourth-order valence-electron chi connectivity index (χ4n) is 1.70. The van der Waals surface area contributed by atoms with Gasteiger partial charge in [0.1, 0.15) is 4.88 Å². The van der Waals surface area contributed by atoms with Crippen LogP contribution in [0.15, 0.2) is 4.34 Å². The van der Waals surface area contributed by atoms with Crippen molar-refractivity contribution in [3.8, 4) is 0 Å². The predicted octanol–water partition coefficient (Wildman–Crippen LogP) is 1.91. The number of aromatic nitrogens is 4.